The van der Waals surface area contributed by atoms with Crippen LogP contribution in [0.4, 0.5) is 17.1 Å². The number of non-ortho nitro benzene ring substituents is 1. The molecule has 3 aromatic rings. The molecule has 0 unspecified atom stereocenters. The van der Waals surface area contributed by atoms with Crippen molar-refractivity contribution < 1.29 is 9.72 Å². The molecule has 2 heterocycles. The van der Waals surface area contributed by atoms with Crippen LogP contribution in [-0.2, 0) is 0 Å². The summed E-state index contributed by atoms with van der Waals surface area (Å²) in [6, 6.07) is 14.0. The van der Waals surface area contributed by atoms with Crippen molar-refractivity contribution >= 4 is 33.9 Å². The fourth-order valence-electron chi connectivity index (χ4n) is 3.57. The summed E-state index contributed by atoms with van der Waals surface area (Å²) in [5.74, 6) is -0.374. The lowest BCUT2D eigenvalue weighted by molar-refractivity contribution is -0.384. The molecule has 142 valence electrons. The van der Waals surface area contributed by atoms with Crippen molar-refractivity contribution in [2.75, 3.05) is 23.3 Å². The van der Waals surface area contributed by atoms with Crippen molar-refractivity contribution in [3.8, 4) is 0 Å². The Labute approximate surface area is 162 Å². The van der Waals surface area contributed by atoms with Gasteiger partial charge in [0.05, 0.1) is 33.6 Å². The minimum absolute atomic E-state index is 0.0949. The number of nitro groups is 1. The van der Waals surface area contributed by atoms with E-state index in [4.69, 9.17) is 0 Å². The molecule has 1 amide bonds. The van der Waals surface area contributed by atoms with Crippen LogP contribution in [0, 0.1) is 10.1 Å². The van der Waals surface area contributed by atoms with Gasteiger partial charge >= 0.3 is 0 Å². The van der Waals surface area contributed by atoms with Crippen molar-refractivity contribution in [2.45, 2.75) is 19.3 Å². The normalized spacial score (nSPS) is 14.1. The molecule has 28 heavy (non-hydrogen) atoms. The number of fused-ring (bicyclic) bond motifs is 1. The Morgan fingerprint density at radius 3 is 2.64 bits per heavy atom. The molecular formula is C21H20N4O3. The molecule has 1 fully saturated rings. The molecule has 0 atom stereocenters. The van der Waals surface area contributed by atoms with Crippen LogP contribution in [0.2, 0.25) is 0 Å². The van der Waals surface area contributed by atoms with Crippen LogP contribution in [-0.4, -0.2) is 28.9 Å². The van der Waals surface area contributed by atoms with Gasteiger partial charge in [0.25, 0.3) is 11.6 Å². The first kappa shape index (κ1) is 17.9. The zero-order valence-corrected chi connectivity index (χ0v) is 15.3. The number of aromatic nitrogens is 1. The molecule has 1 aliphatic rings. The van der Waals surface area contributed by atoms with Crippen molar-refractivity contribution in [3.05, 3.63) is 70.4 Å². The summed E-state index contributed by atoms with van der Waals surface area (Å²) in [7, 11) is 0. The molecule has 7 heteroatoms. The van der Waals surface area contributed by atoms with Gasteiger partial charge in [-0.3, -0.25) is 19.9 Å². The Hall–Kier alpha value is -3.48. The second-order valence-corrected chi connectivity index (χ2v) is 6.88. The van der Waals surface area contributed by atoms with Gasteiger partial charge in [0.15, 0.2) is 0 Å². The van der Waals surface area contributed by atoms with E-state index in [1.54, 1.807) is 12.3 Å². The van der Waals surface area contributed by atoms with Gasteiger partial charge in [0.1, 0.15) is 0 Å². The number of benzene rings is 2. The van der Waals surface area contributed by atoms with Crippen LogP contribution >= 0.6 is 0 Å². The smallest absolute Gasteiger partial charge is 0.270 e. The highest BCUT2D eigenvalue weighted by atomic mass is 16.6. The van der Waals surface area contributed by atoms with Gasteiger partial charge in [-0.1, -0.05) is 18.2 Å². The summed E-state index contributed by atoms with van der Waals surface area (Å²) in [5.41, 5.74) is 2.34. The maximum absolute atomic E-state index is 13.0. The highest BCUT2D eigenvalue weighted by molar-refractivity contribution is 6.09. The minimum atomic E-state index is -0.478. The summed E-state index contributed by atoms with van der Waals surface area (Å²) in [6.07, 6.45) is 4.85. The van der Waals surface area contributed by atoms with E-state index in [-0.39, 0.29) is 11.6 Å². The number of hydrogen-bond acceptors (Lipinski definition) is 5. The average Bonchev–Trinajstić information content (AvgIpc) is 2.73. The third kappa shape index (κ3) is 3.64. The Kier molecular flexibility index (Phi) is 4.89. The number of nitrogens with one attached hydrogen (secondary N) is 1. The van der Waals surface area contributed by atoms with Crippen molar-refractivity contribution in [1.29, 1.82) is 0 Å². The summed E-state index contributed by atoms with van der Waals surface area (Å²) in [6.45, 7) is 1.69. The molecule has 0 saturated carbocycles. The number of anilines is 2. The number of carbonyl (C=O) groups excluding carboxylic acids is 1. The zero-order chi connectivity index (χ0) is 19.5. The molecule has 0 radical (unpaired) electrons. The number of nitrogens with zero attached hydrogens (tertiary/aromatic N) is 3. The van der Waals surface area contributed by atoms with E-state index < -0.39 is 4.92 Å². The molecular weight excluding hydrogens is 356 g/mol. The number of amides is 1. The van der Waals surface area contributed by atoms with Gasteiger partial charge in [-0.05, 0) is 37.5 Å². The maximum Gasteiger partial charge on any atom is 0.270 e. The second-order valence-electron chi connectivity index (χ2n) is 6.88. The standard InChI is InChI=1S/C21H20N4O3/c26-21(23-16-12-15-6-2-3-7-19(15)22-14-16)18-13-17(25(27)28)8-9-20(18)24-10-4-1-5-11-24/h2-3,6-9,12-14H,1,4-5,10-11H2,(H,23,26). The number of para-hydroxylation sites is 1. The van der Waals surface area contributed by atoms with Crippen molar-refractivity contribution in [3.63, 3.8) is 0 Å². The van der Waals surface area contributed by atoms with Gasteiger partial charge in [0.2, 0.25) is 0 Å². The van der Waals surface area contributed by atoms with E-state index in [1.807, 2.05) is 30.3 Å². The van der Waals surface area contributed by atoms with E-state index in [0.717, 1.165) is 48.9 Å². The Morgan fingerprint density at radius 1 is 1.07 bits per heavy atom. The Morgan fingerprint density at radius 2 is 1.86 bits per heavy atom. The fourth-order valence-corrected chi connectivity index (χ4v) is 3.57. The van der Waals surface area contributed by atoms with Gasteiger partial charge in [-0.25, -0.2) is 0 Å². The van der Waals surface area contributed by atoms with Crippen molar-refractivity contribution in [1.82, 2.24) is 4.98 Å². The molecule has 1 N–H and O–H groups in total. The zero-order valence-electron chi connectivity index (χ0n) is 15.3. The number of hydrogen-bond donors (Lipinski definition) is 1. The summed E-state index contributed by atoms with van der Waals surface area (Å²) in [5, 5.41) is 15.0. The SMILES string of the molecule is O=C(Nc1cnc2ccccc2c1)c1cc([N+](=O)[O-])ccc1N1CCCCC1. The molecule has 7 nitrogen and oxygen atoms in total. The lowest BCUT2D eigenvalue weighted by Gasteiger charge is -2.30. The first-order chi connectivity index (χ1) is 13.6. The summed E-state index contributed by atoms with van der Waals surface area (Å²) < 4.78 is 0. The van der Waals surface area contributed by atoms with E-state index in [9.17, 15) is 14.9 Å². The Bertz CT molecular complexity index is 1040. The summed E-state index contributed by atoms with van der Waals surface area (Å²) >= 11 is 0. The minimum Gasteiger partial charge on any atom is -0.371 e. The van der Waals surface area contributed by atoms with Crippen molar-refractivity contribution in [2.24, 2.45) is 0 Å². The molecule has 0 aliphatic carbocycles. The fraction of sp³-hybridized carbons (Fsp3) is 0.238. The van der Waals surface area contributed by atoms with Crippen LogP contribution in [0.3, 0.4) is 0 Å². The molecule has 2 aromatic carbocycles. The first-order valence-electron chi connectivity index (χ1n) is 9.31. The van der Waals surface area contributed by atoms with Gasteiger partial charge in [0, 0.05) is 30.6 Å². The topological polar surface area (TPSA) is 88.4 Å². The third-order valence-corrected chi connectivity index (χ3v) is 4.98. The monoisotopic (exact) mass is 376 g/mol. The van der Waals surface area contributed by atoms with E-state index in [1.165, 1.54) is 12.1 Å². The predicted molar refractivity (Wildman–Crippen MR) is 109 cm³/mol. The molecule has 1 saturated heterocycles. The number of nitro benzene ring substituents is 1. The van der Waals surface area contributed by atoms with E-state index in [2.05, 4.69) is 15.2 Å². The van der Waals surface area contributed by atoms with Crippen LogP contribution in [0.5, 0.6) is 0 Å². The summed E-state index contributed by atoms with van der Waals surface area (Å²) in [4.78, 5) is 30.2. The number of rotatable bonds is 4. The van der Waals surface area contributed by atoms with Crippen LogP contribution in [0.1, 0.15) is 29.6 Å². The highest BCUT2D eigenvalue weighted by Gasteiger charge is 2.22. The molecule has 0 bridgehead atoms. The van der Waals surface area contributed by atoms with E-state index in [0.29, 0.717) is 11.3 Å². The van der Waals surface area contributed by atoms with Gasteiger partial charge < -0.3 is 10.2 Å². The molecule has 4 rings (SSSR count). The lowest BCUT2D eigenvalue weighted by atomic mass is 10.1. The van der Waals surface area contributed by atoms with Gasteiger partial charge in [-0.15, -0.1) is 0 Å². The van der Waals surface area contributed by atoms with Crippen LogP contribution in [0.15, 0.2) is 54.7 Å². The first-order valence-corrected chi connectivity index (χ1v) is 9.31. The average molecular weight is 376 g/mol. The highest BCUT2D eigenvalue weighted by Crippen LogP contribution is 2.29. The third-order valence-electron chi connectivity index (χ3n) is 4.98. The molecule has 1 aromatic heterocycles. The number of pyridine rings is 1. The predicted octanol–water partition coefficient (Wildman–Crippen LogP) is 4.39. The maximum atomic E-state index is 13.0. The van der Waals surface area contributed by atoms with Gasteiger partial charge in [-0.2, -0.15) is 0 Å². The number of piperidine rings is 1. The van der Waals surface area contributed by atoms with Crippen LogP contribution in [0.25, 0.3) is 10.9 Å². The molecule has 0 spiro atoms. The largest absolute Gasteiger partial charge is 0.371 e. The van der Waals surface area contributed by atoms with Crippen LogP contribution < -0.4 is 10.2 Å². The lowest BCUT2D eigenvalue weighted by Crippen LogP contribution is -2.31. The second kappa shape index (κ2) is 7.64. The Balaban J connectivity index is 1.67. The van der Waals surface area contributed by atoms with E-state index >= 15 is 0 Å². The number of carbonyl (C=O) groups is 1. The quantitative estimate of drug-likeness (QED) is 0.539. The molecule has 1 aliphatic heterocycles.